The molecule has 0 heterocycles. The van der Waals surface area contributed by atoms with Crippen molar-refractivity contribution in [1.29, 1.82) is 0 Å². The Morgan fingerprint density at radius 1 is 1.04 bits per heavy atom. The predicted octanol–water partition coefficient (Wildman–Crippen LogP) is 0.685. The van der Waals surface area contributed by atoms with Crippen LogP contribution in [-0.2, 0) is 0 Å². The molecule has 3 atom stereocenters. The van der Waals surface area contributed by atoms with E-state index in [1.54, 1.807) is 6.92 Å². The Kier molecular flexibility index (Phi) is 6.04. The van der Waals surface area contributed by atoms with Crippen LogP contribution < -0.4 is 21.1 Å². The molecule has 2 amide bonds. The number of nitrogens with one attached hydrogen (secondary N) is 4. The Morgan fingerprint density at radius 2 is 1.56 bits per heavy atom. The van der Waals surface area contributed by atoms with Crippen LogP contribution >= 0.6 is 0 Å². The maximum absolute atomic E-state index is 12.1. The molecule has 9 heteroatoms. The maximum atomic E-state index is 12.1. The summed E-state index contributed by atoms with van der Waals surface area (Å²) in [6, 6.07) is 10.2. The first-order valence-corrected chi connectivity index (χ1v) is 7.52. The van der Waals surface area contributed by atoms with E-state index in [1.165, 1.54) is 12.1 Å². The minimum Gasteiger partial charge on any atom is -0.595 e. The molecule has 0 aliphatic heterocycles. The number of urea groups is 1. The standard InChI is InChI=1S/C16H20N4O5/c1-10-3-5-12(6-4-10)11(2)17-16(21)18-13-7-14(19(22)23)9-15(8-13)20(24)25/h3-9,11,19-20,22,24H,1-2H3,(H2,17,18,21)/t11-/m1/s1. The highest BCUT2D eigenvalue weighted by atomic mass is 16.8. The molecule has 0 spiro atoms. The highest BCUT2D eigenvalue weighted by Gasteiger charge is 2.14. The van der Waals surface area contributed by atoms with Crippen molar-refractivity contribution in [2.45, 2.75) is 19.9 Å². The van der Waals surface area contributed by atoms with Crippen molar-refractivity contribution in [2.24, 2.45) is 0 Å². The summed E-state index contributed by atoms with van der Waals surface area (Å²) in [5, 5.41) is 42.9. The lowest BCUT2D eigenvalue weighted by atomic mass is 10.1. The molecule has 0 saturated carbocycles. The number of anilines is 1. The highest BCUT2D eigenvalue weighted by molar-refractivity contribution is 5.90. The molecule has 0 radical (unpaired) electrons. The van der Waals surface area contributed by atoms with E-state index in [2.05, 4.69) is 10.6 Å². The van der Waals surface area contributed by atoms with Crippen LogP contribution in [0.15, 0.2) is 42.5 Å². The summed E-state index contributed by atoms with van der Waals surface area (Å²) in [6.07, 6.45) is 0. The average Bonchev–Trinajstić information content (AvgIpc) is 2.54. The van der Waals surface area contributed by atoms with Crippen molar-refractivity contribution < 1.29 is 25.7 Å². The number of benzene rings is 2. The minimum absolute atomic E-state index is 0.0888. The fourth-order valence-corrected chi connectivity index (χ4v) is 2.25. The molecule has 0 aliphatic rings. The van der Waals surface area contributed by atoms with Gasteiger partial charge < -0.3 is 21.0 Å². The summed E-state index contributed by atoms with van der Waals surface area (Å²) in [4.78, 5) is 12.1. The number of hydrogen-bond donors (Lipinski definition) is 6. The third-order valence-electron chi connectivity index (χ3n) is 3.61. The van der Waals surface area contributed by atoms with Gasteiger partial charge in [-0.1, -0.05) is 29.8 Å². The summed E-state index contributed by atoms with van der Waals surface area (Å²) in [5.74, 6) is 0. The Hall–Kier alpha value is -2.53. The summed E-state index contributed by atoms with van der Waals surface area (Å²) in [6.45, 7) is 3.77. The van der Waals surface area contributed by atoms with Gasteiger partial charge in [0.1, 0.15) is 0 Å². The normalized spacial score (nSPS) is 14.5. The molecule has 134 valence electrons. The van der Waals surface area contributed by atoms with Gasteiger partial charge in [-0.15, -0.1) is 0 Å². The molecule has 2 rings (SSSR count). The number of quaternary nitrogens is 2. The van der Waals surface area contributed by atoms with Gasteiger partial charge >= 0.3 is 6.03 Å². The van der Waals surface area contributed by atoms with Gasteiger partial charge in [0.25, 0.3) is 0 Å². The SMILES string of the molecule is Cc1ccc([C@@H](C)NC(=O)Nc2cc([NH+]([O-])O)cc([NH+]([O-])O)c2)cc1. The molecule has 25 heavy (non-hydrogen) atoms. The second kappa shape index (κ2) is 8.03. The van der Waals surface area contributed by atoms with E-state index >= 15 is 0 Å². The van der Waals surface area contributed by atoms with Crippen LogP contribution in [0.5, 0.6) is 0 Å². The molecule has 9 nitrogen and oxygen atoms in total. The third kappa shape index (κ3) is 5.22. The zero-order valence-corrected chi connectivity index (χ0v) is 13.7. The van der Waals surface area contributed by atoms with E-state index in [0.29, 0.717) is 0 Å². The van der Waals surface area contributed by atoms with Crippen molar-refractivity contribution in [1.82, 2.24) is 5.32 Å². The number of rotatable bonds is 5. The molecule has 0 aromatic heterocycles. The average molecular weight is 348 g/mol. The van der Waals surface area contributed by atoms with Gasteiger partial charge in [-0.25, -0.2) is 15.2 Å². The molecule has 2 aromatic rings. The van der Waals surface area contributed by atoms with Crippen LogP contribution in [0.2, 0.25) is 0 Å². The topological polar surface area (TPSA) is 137 Å². The summed E-state index contributed by atoms with van der Waals surface area (Å²) in [5.41, 5.74) is 1.66. The van der Waals surface area contributed by atoms with Crippen molar-refractivity contribution in [2.75, 3.05) is 5.32 Å². The van der Waals surface area contributed by atoms with E-state index in [-0.39, 0.29) is 23.1 Å². The van der Waals surface area contributed by atoms with Gasteiger partial charge in [0.15, 0.2) is 11.4 Å². The predicted molar refractivity (Wildman–Crippen MR) is 89.7 cm³/mol. The van der Waals surface area contributed by atoms with Gasteiger partial charge in [0, 0.05) is 12.1 Å². The Bertz CT molecular complexity index is 708. The Balaban J connectivity index is 2.10. The van der Waals surface area contributed by atoms with E-state index in [9.17, 15) is 15.2 Å². The molecule has 2 aromatic carbocycles. The second-order valence-electron chi connectivity index (χ2n) is 5.64. The quantitative estimate of drug-likeness (QED) is 0.442. The summed E-state index contributed by atoms with van der Waals surface area (Å²) >= 11 is 0. The summed E-state index contributed by atoms with van der Waals surface area (Å²) in [7, 11) is 0. The zero-order valence-electron chi connectivity index (χ0n) is 13.7. The molecule has 6 N–H and O–H groups in total. The van der Waals surface area contributed by atoms with Crippen LogP contribution in [0, 0.1) is 17.3 Å². The first-order chi connectivity index (χ1) is 11.8. The van der Waals surface area contributed by atoms with Gasteiger partial charge in [0.05, 0.1) is 17.8 Å². The second-order valence-corrected chi connectivity index (χ2v) is 5.64. The van der Waals surface area contributed by atoms with Crippen LogP contribution in [-0.4, -0.2) is 16.4 Å². The molecule has 0 saturated heterocycles. The molecule has 2 unspecified atom stereocenters. The monoisotopic (exact) mass is 348 g/mol. The maximum Gasteiger partial charge on any atom is 0.319 e. The lowest BCUT2D eigenvalue weighted by molar-refractivity contribution is -0.996. The van der Waals surface area contributed by atoms with E-state index < -0.39 is 16.5 Å². The number of amides is 2. The van der Waals surface area contributed by atoms with Crippen molar-refractivity contribution >= 4 is 23.1 Å². The van der Waals surface area contributed by atoms with E-state index in [1.807, 2.05) is 31.2 Å². The van der Waals surface area contributed by atoms with E-state index in [4.69, 9.17) is 10.4 Å². The zero-order chi connectivity index (χ0) is 18.6. The minimum atomic E-state index is -1.28. The fraction of sp³-hybridized carbons (Fsp3) is 0.188. The van der Waals surface area contributed by atoms with Crippen molar-refractivity contribution in [3.63, 3.8) is 0 Å². The largest absolute Gasteiger partial charge is 0.595 e. The Morgan fingerprint density at radius 3 is 2.04 bits per heavy atom. The molecular weight excluding hydrogens is 328 g/mol. The third-order valence-corrected chi connectivity index (χ3v) is 3.61. The fourth-order valence-electron chi connectivity index (χ4n) is 2.25. The highest BCUT2D eigenvalue weighted by Crippen LogP contribution is 2.18. The van der Waals surface area contributed by atoms with Crippen molar-refractivity contribution in [3.8, 4) is 0 Å². The summed E-state index contributed by atoms with van der Waals surface area (Å²) < 4.78 is 0. The first kappa shape index (κ1) is 18.8. The van der Waals surface area contributed by atoms with Gasteiger partial charge in [0.2, 0.25) is 0 Å². The van der Waals surface area contributed by atoms with Gasteiger partial charge in [-0.2, -0.15) is 10.5 Å². The first-order valence-electron chi connectivity index (χ1n) is 7.52. The lowest BCUT2D eigenvalue weighted by Crippen LogP contribution is -3.00. The van der Waals surface area contributed by atoms with Crippen LogP contribution in [0.3, 0.4) is 0 Å². The lowest BCUT2D eigenvalue weighted by Gasteiger charge is -2.18. The van der Waals surface area contributed by atoms with Crippen LogP contribution in [0.25, 0.3) is 0 Å². The van der Waals surface area contributed by atoms with E-state index in [0.717, 1.165) is 17.2 Å². The number of carbonyl (C=O) groups excluding carboxylic acids is 1. The van der Waals surface area contributed by atoms with Gasteiger partial charge in [-0.05, 0) is 19.4 Å². The smallest absolute Gasteiger partial charge is 0.319 e. The number of hydrogen-bond acceptors (Lipinski definition) is 5. The molecule has 0 fully saturated rings. The van der Waals surface area contributed by atoms with Crippen LogP contribution in [0.4, 0.5) is 21.9 Å². The molecule has 0 aliphatic carbocycles. The molecular formula is C16H20N4O5. The van der Waals surface area contributed by atoms with Crippen molar-refractivity contribution in [3.05, 3.63) is 64.0 Å². The van der Waals surface area contributed by atoms with Gasteiger partial charge in [-0.3, -0.25) is 0 Å². The number of carbonyl (C=O) groups is 1. The van der Waals surface area contributed by atoms with Crippen LogP contribution in [0.1, 0.15) is 24.1 Å². The number of aryl methyl sites for hydroxylation is 1. The molecule has 0 bridgehead atoms. The Labute approximate surface area is 144 Å².